The monoisotopic (exact) mass is 364 g/mol. The van der Waals surface area contributed by atoms with Crippen molar-refractivity contribution in [2.45, 2.75) is 26.5 Å². The van der Waals surface area contributed by atoms with E-state index < -0.39 is 0 Å². The van der Waals surface area contributed by atoms with Gasteiger partial charge in [-0.2, -0.15) is 0 Å². The van der Waals surface area contributed by atoms with E-state index in [1.165, 1.54) is 0 Å². The minimum Gasteiger partial charge on any atom is -0.475 e. The molecular formula is C12H21IN4O. The molecular weight excluding hydrogens is 343 g/mol. The van der Waals surface area contributed by atoms with Crippen LogP contribution in [0, 0.1) is 0 Å². The molecule has 1 aromatic rings. The zero-order valence-corrected chi connectivity index (χ0v) is 13.6. The standard InChI is InChI=1S/C12H20N4O.HI/c1-9(2)17-11-7-10(5-6-15-11)8-16-12(13-3)14-4;/h5-7,9H,8H2,1-4H3,(H2,13,14,16);1H. The normalized spacial score (nSPS) is 10.8. The van der Waals surface area contributed by atoms with Gasteiger partial charge in [-0.1, -0.05) is 0 Å². The second-order valence-corrected chi connectivity index (χ2v) is 3.84. The topological polar surface area (TPSA) is 58.5 Å². The first-order valence-electron chi connectivity index (χ1n) is 5.65. The van der Waals surface area contributed by atoms with Crippen molar-refractivity contribution in [2.75, 3.05) is 14.1 Å². The third-order valence-corrected chi connectivity index (χ3v) is 2.08. The highest BCUT2D eigenvalue weighted by Gasteiger charge is 2.01. The van der Waals surface area contributed by atoms with Crippen LogP contribution in [0.25, 0.3) is 0 Å². The van der Waals surface area contributed by atoms with Crippen LogP contribution in [-0.2, 0) is 6.54 Å². The summed E-state index contributed by atoms with van der Waals surface area (Å²) in [4.78, 5) is 8.19. The molecule has 0 spiro atoms. The fraction of sp³-hybridized carbons (Fsp3) is 0.500. The Labute approximate surface area is 125 Å². The molecule has 0 unspecified atom stereocenters. The molecule has 0 fully saturated rings. The Morgan fingerprint density at radius 2 is 2.22 bits per heavy atom. The molecule has 0 bridgehead atoms. The van der Waals surface area contributed by atoms with E-state index in [1.54, 1.807) is 13.2 Å². The first kappa shape index (κ1) is 16.9. The second-order valence-electron chi connectivity index (χ2n) is 3.84. The van der Waals surface area contributed by atoms with Gasteiger partial charge in [0.1, 0.15) is 0 Å². The number of nitrogens with one attached hydrogen (secondary N) is 2. The van der Waals surface area contributed by atoms with Crippen LogP contribution < -0.4 is 15.4 Å². The number of guanidine groups is 1. The van der Waals surface area contributed by atoms with Gasteiger partial charge in [0, 0.05) is 32.9 Å². The van der Waals surface area contributed by atoms with Crippen LogP contribution in [0.5, 0.6) is 5.88 Å². The van der Waals surface area contributed by atoms with Crippen molar-refractivity contribution in [3.63, 3.8) is 0 Å². The third-order valence-electron chi connectivity index (χ3n) is 2.08. The molecule has 1 rings (SSSR count). The molecule has 0 amide bonds. The maximum Gasteiger partial charge on any atom is 0.213 e. The van der Waals surface area contributed by atoms with E-state index in [9.17, 15) is 0 Å². The third kappa shape index (κ3) is 6.04. The predicted molar refractivity (Wildman–Crippen MR) is 84.7 cm³/mol. The molecule has 102 valence electrons. The average molecular weight is 364 g/mol. The minimum atomic E-state index is 0. The number of nitrogens with zero attached hydrogens (tertiary/aromatic N) is 2. The summed E-state index contributed by atoms with van der Waals surface area (Å²) in [5.74, 6) is 1.41. The average Bonchev–Trinajstić information content (AvgIpc) is 2.30. The van der Waals surface area contributed by atoms with E-state index in [0.717, 1.165) is 11.5 Å². The lowest BCUT2D eigenvalue weighted by Crippen LogP contribution is -2.34. The first-order chi connectivity index (χ1) is 8.15. The summed E-state index contributed by atoms with van der Waals surface area (Å²) in [5, 5.41) is 6.13. The zero-order chi connectivity index (χ0) is 12.7. The molecule has 1 aromatic heterocycles. The number of rotatable bonds is 4. The molecule has 0 saturated heterocycles. The van der Waals surface area contributed by atoms with Crippen molar-refractivity contribution >= 4 is 29.9 Å². The lowest BCUT2D eigenvalue weighted by atomic mass is 10.2. The lowest BCUT2D eigenvalue weighted by molar-refractivity contribution is 0.232. The van der Waals surface area contributed by atoms with Crippen molar-refractivity contribution in [2.24, 2.45) is 4.99 Å². The van der Waals surface area contributed by atoms with Crippen molar-refractivity contribution in [3.8, 4) is 5.88 Å². The maximum absolute atomic E-state index is 5.53. The van der Waals surface area contributed by atoms with Gasteiger partial charge in [0.15, 0.2) is 5.96 Å². The molecule has 5 nitrogen and oxygen atoms in total. The summed E-state index contributed by atoms with van der Waals surface area (Å²) in [7, 11) is 3.56. The molecule has 0 aliphatic heterocycles. The zero-order valence-electron chi connectivity index (χ0n) is 11.2. The van der Waals surface area contributed by atoms with Crippen molar-refractivity contribution in [3.05, 3.63) is 23.9 Å². The maximum atomic E-state index is 5.53. The Bertz CT molecular complexity index is 382. The highest BCUT2D eigenvalue weighted by atomic mass is 127. The fourth-order valence-electron chi connectivity index (χ4n) is 1.33. The van der Waals surface area contributed by atoms with Crippen LogP contribution in [0.1, 0.15) is 19.4 Å². The van der Waals surface area contributed by atoms with Gasteiger partial charge < -0.3 is 15.4 Å². The van der Waals surface area contributed by atoms with Crippen molar-refractivity contribution < 1.29 is 4.74 Å². The summed E-state index contributed by atoms with van der Waals surface area (Å²) in [6.07, 6.45) is 1.88. The number of pyridine rings is 1. The molecule has 0 atom stereocenters. The Morgan fingerprint density at radius 1 is 1.50 bits per heavy atom. The van der Waals surface area contributed by atoms with Crippen LogP contribution in [-0.4, -0.2) is 31.1 Å². The van der Waals surface area contributed by atoms with E-state index in [0.29, 0.717) is 12.4 Å². The largest absolute Gasteiger partial charge is 0.475 e. The summed E-state index contributed by atoms with van der Waals surface area (Å²) in [6, 6.07) is 3.87. The Hall–Kier alpha value is -1.05. The Kier molecular flexibility index (Phi) is 8.43. The first-order valence-corrected chi connectivity index (χ1v) is 5.65. The van der Waals surface area contributed by atoms with E-state index >= 15 is 0 Å². The highest BCUT2D eigenvalue weighted by Crippen LogP contribution is 2.10. The second kappa shape index (κ2) is 8.96. The van der Waals surface area contributed by atoms with Gasteiger partial charge in [0.05, 0.1) is 6.10 Å². The van der Waals surface area contributed by atoms with Crippen LogP contribution in [0.3, 0.4) is 0 Å². The summed E-state index contributed by atoms with van der Waals surface area (Å²) < 4.78 is 5.53. The number of hydrogen-bond acceptors (Lipinski definition) is 3. The minimum absolute atomic E-state index is 0. The van der Waals surface area contributed by atoms with E-state index in [4.69, 9.17) is 4.74 Å². The van der Waals surface area contributed by atoms with Gasteiger partial charge in [-0.05, 0) is 25.5 Å². The Balaban J connectivity index is 0.00000289. The Morgan fingerprint density at radius 3 is 2.78 bits per heavy atom. The van der Waals surface area contributed by atoms with Gasteiger partial charge in [-0.25, -0.2) is 4.98 Å². The predicted octanol–water partition coefficient (Wildman–Crippen LogP) is 1.78. The van der Waals surface area contributed by atoms with Gasteiger partial charge in [0.25, 0.3) is 0 Å². The molecule has 1 heterocycles. The molecule has 2 N–H and O–H groups in total. The molecule has 0 saturated carbocycles. The summed E-state index contributed by atoms with van der Waals surface area (Å²) in [6.45, 7) is 4.65. The number of aliphatic imine (C=N–C) groups is 1. The quantitative estimate of drug-likeness (QED) is 0.486. The van der Waals surface area contributed by atoms with Crippen LogP contribution in [0.2, 0.25) is 0 Å². The number of aromatic nitrogens is 1. The number of halogens is 1. The molecule has 6 heteroatoms. The fourth-order valence-corrected chi connectivity index (χ4v) is 1.33. The molecule has 0 aliphatic rings. The summed E-state index contributed by atoms with van der Waals surface area (Å²) in [5.41, 5.74) is 1.10. The van der Waals surface area contributed by atoms with Gasteiger partial charge >= 0.3 is 0 Å². The number of ether oxygens (including phenoxy) is 1. The van der Waals surface area contributed by atoms with E-state index in [-0.39, 0.29) is 30.1 Å². The van der Waals surface area contributed by atoms with Crippen LogP contribution >= 0.6 is 24.0 Å². The summed E-state index contributed by atoms with van der Waals surface area (Å²) >= 11 is 0. The van der Waals surface area contributed by atoms with Crippen molar-refractivity contribution in [1.82, 2.24) is 15.6 Å². The highest BCUT2D eigenvalue weighted by molar-refractivity contribution is 14.0. The number of hydrogen-bond donors (Lipinski definition) is 2. The van der Waals surface area contributed by atoms with Crippen LogP contribution in [0.15, 0.2) is 23.3 Å². The SMILES string of the molecule is CN=C(NC)NCc1ccnc(OC(C)C)c1.I. The molecule has 0 aliphatic carbocycles. The van der Waals surface area contributed by atoms with E-state index in [2.05, 4.69) is 20.6 Å². The molecule has 0 radical (unpaired) electrons. The van der Waals surface area contributed by atoms with Gasteiger partial charge in [0.2, 0.25) is 5.88 Å². The van der Waals surface area contributed by atoms with E-state index in [1.807, 2.05) is 33.0 Å². The molecule has 18 heavy (non-hydrogen) atoms. The smallest absolute Gasteiger partial charge is 0.213 e. The van der Waals surface area contributed by atoms with Crippen LogP contribution in [0.4, 0.5) is 0 Å². The molecule has 0 aromatic carbocycles. The van der Waals surface area contributed by atoms with Gasteiger partial charge in [-0.15, -0.1) is 24.0 Å². The lowest BCUT2D eigenvalue weighted by Gasteiger charge is -2.11. The van der Waals surface area contributed by atoms with Gasteiger partial charge in [-0.3, -0.25) is 4.99 Å². The van der Waals surface area contributed by atoms with Crippen molar-refractivity contribution in [1.29, 1.82) is 0 Å².